The molecule has 0 saturated heterocycles. The van der Waals surface area contributed by atoms with Gasteiger partial charge in [0, 0.05) is 32.5 Å². The van der Waals surface area contributed by atoms with Gasteiger partial charge in [-0.15, -0.1) is 0 Å². The SMILES string of the molecule is CO[C@@H]1COC(=O)CC=C[C@H](C)[C@H](OC)COC(=O)[C@H](C)NC(=O)CC=C[C@H]1C. The summed E-state index contributed by atoms with van der Waals surface area (Å²) in [7, 11) is 3.07. The lowest BCUT2D eigenvalue weighted by atomic mass is 10.0. The van der Waals surface area contributed by atoms with Crippen LogP contribution in [0.15, 0.2) is 24.3 Å². The Bertz CT molecular complexity index is 602. The topological polar surface area (TPSA) is 100 Å². The summed E-state index contributed by atoms with van der Waals surface area (Å²) < 4.78 is 21.3. The Morgan fingerprint density at radius 1 is 0.862 bits per heavy atom. The highest BCUT2D eigenvalue weighted by Gasteiger charge is 2.22. The summed E-state index contributed by atoms with van der Waals surface area (Å²) in [5.41, 5.74) is 0. The average molecular weight is 411 g/mol. The fourth-order valence-corrected chi connectivity index (χ4v) is 2.77. The first kappa shape index (κ1) is 24.8. The number of amides is 1. The minimum absolute atomic E-state index is 0.0401. The van der Waals surface area contributed by atoms with Gasteiger partial charge in [0.1, 0.15) is 19.3 Å². The monoisotopic (exact) mass is 411 g/mol. The van der Waals surface area contributed by atoms with Crippen molar-refractivity contribution < 1.29 is 33.3 Å². The maximum absolute atomic E-state index is 12.1. The Morgan fingerprint density at radius 3 is 1.93 bits per heavy atom. The van der Waals surface area contributed by atoms with Gasteiger partial charge in [-0.1, -0.05) is 38.2 Å². The third-order valence-electron chi connectivity index (χ3n) is 4.77. The number of carbonyl (C=O) groups is 3. The van der Waals surface area contributed by atoms with E-state index in [0.29, 0.717) is 0 Å². The molecule has 5 atom stereocenters. The van der Waals surface area contributed by atoms with E-state index in [9.17, 15) is 14.4 Å². The molecular formula is C21H33NO7. The number of nitrogens with one attached hydrogen (secondary N) is 1. The van der Waals surface area contributed by atoms with Crippen LogP contribution in [0.25, 0.3) is 0 Å². The number of ether oxygens (including phenoxy) is 4. The molecule has 0 aromatic heterocycles. The van der Waals surface area contributed by atoms with Crippen LogP contribution >= 0.6 is 0 Å². The second-order valence-electron chi connectivity index (χ2n) is 7.13. The molecule has 164 valence electrons. The highest BCUT2D eigenvalue weighted by atomic mass is 16.6. The molecule has 0 radical (unpaired) electrons. The molecule has 8 nitrogen and oxygen atoms in total. The number of hydrogen-bond acceptors (Lipinski definition) is 7. The van der Waals surface area contributed by atoms with Gasteiger partial charge in [-0.3, -0.25) is 9.59 Å². The van der Waals surface area contributed by atoms with E-state index >= 15 is 0 Å². The number of rotatable bonds is 2. The quantitative estimate of drug-likeness (QED) is 0.546. The smallest absolute Gasteiger partial charge is 0.328 e. The number of cyclic esters (lactones) is 2. The van der Waals surface area contributed by atoms with E-state index in [4.69, 9.17) is 18.9 Å². The van der Waals surface area contributed by atoms with E-state index in [1.165, 1.54) is 7.11 Å². The first-order chi connectivity index (χ1) is 13.8. The lowest BCUT2D eigenvalue weighted by molar-refractivity contribution is -0.151. The van der Waals surface area contributed by atoms with Crippen LogP contribution in [0.4, 0.5) is 0 Å². The lowest BCUT2D eigenvalue weighted by Crippen LogP contribution is -2.40. The molecule has 1 aliphatic heterocycles. The summed E-state index contributed by atoms with van der Waals surface area (Å²) in [6.07, 6.45) is 6.59. The fraction of sp³-hybridized carbons (Fsp3) is 0.667. The molecule has 1 aliphatic rings. The second kappa shape index (κ2) is 13.1. The van der Waals surface area contributed by atoms with Gasteiger partial charge < -0.3 is 24.3 Å². The number of carbonyl (C=O) groups excluding carboxylic acids is 3. The number of hydrogen-bond donors (Lipinski definition) is 1. The van der Waals surface area contributed by atoms with Gasteiger partial charge in [0.05, 0.1) is 18.6 Å². The van der Waals surface area contributed by atoms with Crippen LogP contribution in [0.5, 0.6) is 0 Å². The van der Waals surface area contributed by atoms with Crippen LogP contribution in [0.2, 0.25) is 0 Å². The molecule has 1 amide bonds. The van der Waals surface area contributed by atoms with E-state index in [1.54, 1.807) is 26.2 Å². The molecule has 1 heterocycles. The number of methoxy groups -OCH3 is 2. The van der Waals surface area contributed by atoms with Crippen molar-refractivity contribution in [1.82, 2.24) is 5.32 Å². The lowest BCUT2D eigenvalue weighted by Gasteiger charge is -2.21. The Hall–Kier alpha value is -2.19. The molecule has 29 heavy (non-hydrogen) atoms. The van der Waals surface area contributed by atoms with Crippen molar-refractivity contribution in [3.8, 4) is 0 Å². The van der Waals surface area contributed by atoms with Crippen molar-refractivity contribution in [2.24, 2.45) is 11.8 Å². The summed E-state index contributed by atoms with van der Waals surface area (Å²) in [5.74, 6) is -1.35. The molecule has 0 unspecified atom stereocenters. The molecule has 0 aromatic carbocycles. The second-order valence-corrected chi connectivity index (χ2v) is 7.13. The van der Waals surface area contributed by atoms with Crippen molar-refractivity contribution in [2.75, 3.05) is 27.4 Å². The van der Waals surface area contributed by atoms with Crippen LogP contribution in [-0.4, -0.2) is 63.5 Å². The van der Waals surface area contributed by atoms with E-state index < -0.39 is 12.0 Å². The van der Waals surface area contributed by atoms with Crippen molar-refractivity contribution in [3.05, 3.63) is 24.3 Å². The molecule has 0 aromatic rings. The van der Waals surface area contributed by atoms with Crippen LogP contribution in [0, 0.1) is 11.8 Å². The maximum atomic E-state index is 12.1. The van der Waals surface area contributed by atoms with Gasteiger partial charge in [0.25, 0.3) is 0 Å². The molecule has 1 rings (SSSR count). The third kappa shape index (κ3) is 9.23. The van der Waals surface area contributed by atoms with Crippen molar-refractivity contribution >= 4 is 17.8 Å². The predicted molar refractivity (Wildman–Crippen MR) is 107 cm³/mol. The predicted octanol–water partition coefficient (Wildman–Crippen LogP) is 1.79. The molecule has 1 N–H and O–H groups in total. The van der Waals surface area contributed by atoms with E-state index in [2.05, 4.69) is 5.32 Å². The zero-order valence-electron chi connectivity index (χ0n) is 17.9. The van der Waals surface area contributed by atoms with E-state index in [0.717, 1.165) is 0 Å². The zero-order chi connectivity index (χ0) is 21.8. The summed E-state index contributed by atoms with van der Waals surface area (Å²) in [4.78, 5) is 36.2. The Labute approximate surface area is 172 Å². The van der Waals surface area contributed by atoms with Gasteiger partial charge >= 0.3 is 11.9 Å². The van der Waals surface area contributed by atoms with Crippen LogP contribution in [0.3, 0.4) is 0 Å². The van der Waals surface area contributed by atoms with Crippen LogP contribution < -0.4 is 5.32 Å². The largest absolute Gasteiger partial charge is 0.463 e. The normalized spacial score (nSPS) is 31.1. The molecule has 0 bridgehead atoms. The maximum Gasteiger partial charge on any atom is 0.328 e. The Balaban J connectivity index is 2.90. The zero-order valence-corrected chi connectivity index (χ0v) is 17.9. The van der Waals surface area contributed by atoms with Crippen molar-refractivity contribution in [1.29, 1.82) is 0 Å². The molecular weight excluding hydrogens is 378 g/mol. The minimum Gasteiger partial charge on any atom is -0.463 e. The average Bonchev–Trinajstić information content (AvgIpc) is 2.67. The van der Waals surface area contributed by atoms with Gasteiger partial charge in [-0.05, 0) is 6.92 Å². The standard InChI is InChI=1S/C21H33NO7/c1-14-8-6-10-19(23)22-16(3)21(25)29-13-18(27-5)15(2)9-7-11-20(24)28-12-17(14)26-4/h6-9,14-18H,10-13H2,1-5H3,(H,22,23)/t14-,15+,16+,17-,18-/m1/s1. The van der Waals surface area contributed by atoms with Crippen LogP contribution in [-0.2, 0) is 33.3 Å². The summed E-state index contributed by atoms with van der Waals surface area (Å²) in [5, 5.41) is 2.61. The van der Waals surface area contributed by atoms with E-state index in [1.807, 2.05) is 26.0 Å². The highest BCUT2D eigenvalue weighted by Crippen LogP contribution is 2.12. The summed E-state index contributed by atoms with van der Waals surface area (Å²) >= 11 is 0. The Kier molecular flexibility index (Phi) is 11.2. The number of esters is 2. The van der Waals surface area contributed by atoms with Crippen molar-refractivity contribution in [3.63, 3.8) is 0 Å². The molecule has 8 heteroatoms. The van der Waals surface area contributed by atoms with E-state index in [-0.39, 0.29) is 62.0 Å². The molecule has 0 fully saturated rings. The summed E-state index contributed by atoms with van der Waals surface area (Å²) in [6.45, 7) is 5.54. The van der Waals surface area contributed by atoms with Gasteiger partial charge in [0.15, 0.2) is 0 Å². The third-order valence-corrected chi connectivity index (χ3v) is 4.77. The van der Waals surface area contributed by atoms with Gasteiger partial charge in [0.2, 0.25) is 5.91 Å². The van der Waals surface area contributed by atoms with Crippen molar-refractivity contribution in [2.45, 2.75) is 51.9 Å². The molecule has 0 saturated carbocycles. The molecule has 0 spiro atoms. The van der Waals surface area contributed by atoms with Crippen LogP contribution in [0.1, 0.15) is 33.6 Å². The minimum atomic E-state index is -0.767. The first-order valence-corrected chi connectivity index (χ1v) is 9.79. The van der Waals surface area contributed by atoms with Gasteiger partial charge in [-0.2, -0.15) is 0 Å². The highest BCUT2D eigenvalue weighted by molar-refractivity contribution is 5.84. The summed E-state index contributed by atoms with van der Waals surface area (Å²) in [6, 6.07) is -0.767. The van der Waals surface area contributed by atoms with Gasteiger partial charge in [-0.25, -0.2) is 4.79 Å². The molecule has 0 aliphatic carbocycles. The first-order valence-electron chi connectivity index (χ1n) is 9.79. The Morgan fingerprint density at radius 2 is 1.38 bits per heavy atom. The fourth-order valence-electron chi connectivity index (χ4n) is 2.77.